The molecule has 20 heavy (non-hydrogen) atoms. The van der Waals surface area contributed by atoms with Crippen molar-refractivity contribution < 1.29 is 14.7 Å². The molecule has 0 radical (unpaired) electrons. The Balaban J connectivity index is 2.02. The van der Waals surface area contributed by atoms with Crippen molar-refractivity contribution >= 4 is 11.9 Å². The number of hydrogen-bond donors (Lipinski definition) is 3. The maximum absolute atomic E-state index is 12.2. The highest BCUT2D eigenvalue weighted by atomic mass is 16.4. The smallest absolute Gasteiger partial charge is 0.330 e. The van der Waals surface area contributed by atoms with E-state index in [4.69, 9.17) is 5.73 Å². The molecule has 1 amide bonds. The van der Waals surface area contributed by atoms with Gasteiger partial charge in [-0.15, -0.1) is 0 Å². The molecule has 0 unspecified atom stereocenters. The summed E-state index contributed by atoms with van der Waals surface area (Å²) in [5.41, 5.74) is 6.40. The monoisotopic (exact) mass is 276 g/mol. The van der Waals surface area contributed by atoms with Crippen molar-refractivity contribution in [3.63, 3.8) is 0 Å². The van der Waals surface area contributed by atoms with Crippen LogP contribution in [0.15, 0.2) is 30.3 Å². The lowest BCUT2D eigenvalue weighted by Gasteiger charge is -2.26. The lowest BCUT2D eigenvalue weighted by Crippen LogP contribution is -2.40. The zero-order valence-electron chi connectivity index (χ0n) is 11.3. The molecule has 108 valence electrons. The zero-order chi connectivity index (χ0) is 14.5. The lowest BCUT2D eigenvalue weighted by molar-refractivity contribution is -0.142. The van der Waals surface area contributed by atoms with Crippen molar-refractivity contribution in [3.05, 3.63) is 35.9 Å². The number of hydrogen-bond acceptors (Lipinski definition) is 3. The Labute approximate surface area is 118 Å². The third kappa shape index (κ3) is 3.57. The maximum Gasteiger partial charge on any atom is 0.330 e. The largest absolute Gasteiger partial charge is 0.479 e. The second-order valence-electron chi connectivity index (χ2n) is 5.30. The van der Waals surface area contributed by atoms with Crippen molar-refractivity contribution in [2.24, 2.45) is 11.7 Å². The van der Waals surface area contributed by atoms with Gasteiger partial charge in [-0.05, 0) is 31.2 Å². The fourth-order valence-electron chi connectivity index (χ4n) is 2.57. The molecule has 5 heteroatoms. The van der Waals surface area contributed by atoms with Gasteiger partial charge in [0.1, 0.15) is 0 Å². The van der Waals surface area contributed by atoms with Crippen LogP contribution in [0, 0.1) is 5.92 Å². The predicted octanol–water partition coefficient (Wildman–Crippen LogP) is 1.45. The minimum Gasteiger partial charge on any atom is -0.479 e. The fraction of sp³-hybridized carbons (Fsp3) is 0.467. The molecular weight excluding hydrogens is 256 g/mol. The van der Waals surface area contributed by atoms with Gasteiger partial charge in [-0.2, -0.15) is 0 Å². The van der Waals surface area contributed by atoms with Crippen molar-refractivity contribution in [3.8, 4) is 0 Å². The third-order valence-corrected chi connectivity index (χ3v) is 3.81. The number of nitrogens with one attached hydrogen (secondary N) is 1. The van der Waals surface area contributed by atoms with Crippen LogP contribution >= 0.6 is 0 Å². The molecule has 1 fully saturated rings. The quantitative estimate of drug-likeness (QED) is 0.776. The van der Waals surface area contributed by atoms with Gasteiger partial charge in [-0.3, -0.25) is 4.79 Å². The van der Waals surface area contributed by atoms with E-state index in [1.807, 2.05) is 6.07 Å². The van der Waals surface area contributed by atoms with Gasteiger partial charge in [-0.1, -0.05) is 30.3 Å². The summed E-state index contributed by atoms with van der Waals surface area (Å²) >= 11 is 0. The van der Waals surface area contributed by atoms with Crippen LogP contribution in [0.3, 0.4) is 0 Å². The van der Waals surface area contributed by atoms with E-state index < -0.39 is 12.0 Å². The van der Waals surface area contributed by atoms with Crippen LogP contribution in [-0.4, -0.2) is 23.0 Å². The molecule has 1 aromatic rings. The van der Waals surface area contributed by atoms with E-state index in [-0.39, 0.29) is 17.9 Å². The number of carboxylic acids is 1. The van der Waals surface area contributed by atoms with E-state index in [9.17, 15) is 14.7 Å². The summed E-state index contributed by atoms with van der Waals surface area (Å²) < 4.78 is 0. The van der Waals surface area contributed by atoms with Crippen LogP contribution in [0.2, 0.25) is 0 Å². The molecule has 1 saturated carbocycles. The second kappa shape index (κ2) is 6.52. The van der Waals surface area contributed by atoms with Crippen LogP contribution in [-0.2, 0) is 9.59 Å². The van der Waals surface area contributed by atoms with Gasteiger partial charge in [0.05, 0.1) is 0 Å². The number of aliphatic carboxylic acids is 1. The van der Waals surface area contributed by atoms with E-state index >= 15 is 0 Å². The number of rotatable bonds is 4. The Bertz CT molecular complexity index is 467. The first-order valence-corrected chi connectivity index (χ1v) is 6.91. The maximum atomic E-state index is 12.2. The number of amides is 1. The normalized spacial score (nSPS) is 23.9. The molecule has 1 atom stereocenters. The van der Waals surface area contributed by atoms with Gasteiger partial charge in [0, 0.05) is 12.0 Å². The van der Waals surface area contributed by atoms with E-state index in [1.54, 1.807) is 24.3 Å². The minimum absolute atomic E-state index is 0.125. The van der Waals surface area contributed by atoms with E-state index in [0.717, 1.165) is 25.7 Å². The van der Waals surface area contributed by atoms with Crippen LogP contribution in [0.5, 0.6) is 0 Å². The zero-order valence-corrected chi connectivity index (χ0v) is 11.3. The molecule has 1 aliphatic rings. The molecule has 1 aliphatic carbocycles. The summed E-state index contributed by atoms with van der Waals surface area (Å²) in [7, 11) is 0. The summed E-state index contributed by atoms with van der Waals surface area (Å²) in [5.74, 6) is -1.36. The topological polar surface area (TPSA) is 92.4 Å². The molecule has 1 aromatic carbocycles. The first-order valence-electron chi connectivity index (χ1n) is 6.91. The number of carbonyl (C=O) groups excluding carboxylic acids is 1. The SMILES string of the molecule is NC1CCC(C(=O)N[C@@H](C(=O)O)c2ccccc2)CC1. The van der Waals surface area contributed by atoms with Gasteiger partial charge >= 0.3 is 5.97 Å². The molecule has 0 aromatic heterocycles. The van der Waals surface area contributed by atoms with Gasteiger partial charge in [0.25, 0.3) is 0 Å². The number of nitrogens with two attached hydrogens (primary N) is 1. The first kappa shape index (κ1) is 14.5. The van der Waals surface area contributed by atoms with Gasteiger partial charge < -0.3 is 16.2 Å². The van der Waals surface area contributed by atoms with Crippen molar-refractivity contribution in [1.82, 2.24) is 5.32 Å². The summed E-state index contributed by atoms with van der Waals surface area (Å²) in [6.07, 6.45) is 3.10. The summed E-state index contributed by atoms with van der Waals surface area (Å²) in [6, 6.07) is 7.93. The molecular formula is C15H20N2O3. The molecule has 5 nitrogen and oxygen atoms in total. The predicted molar refractivity (Wildman–Crippen MR) is 74.9 cm³/mol. The number of benzene rings is 1. The molecule has 4 N–H and O–H groups in total. The summed E-state index contributed by atoms with van der Waals surface area (Å²) in [4.78, 5) is 23.5. The van der Waals surface area contributed by atoms with Gasteiger partial charge in [-0.25, -0.2) is 4.79 Å². The molecule has 0 bridgehead atoms. The van der Waals surface area contributed by atoms with Crippen LogP contribution in [0.1, 0.15) is 37.3 Å². The summed E-state index contributed by atoms with van der Waals surface area (Å²) in [6.45, 7) is 0. The van der Waals surface area contributed by atoms with E-state index in [2.05, 4.69) is 5.32 Å². The van der Waals surface area contributed by atoms with Gasteiger partial charge in [0.15, 0.2) is 6.04 Å². The van der Waals surface area contributed by atoms with E-state index in [1.165, 1.54) is 0 Å². The Morgan fingerprint density at radius 3 is 2.30 bits per heavy atom. The van der Waals surface area contributed by atoms with Crippen LogP contribution < -0.4 is 11.1 Å². The van der Waals surface area contributed by atoms with Crippen molar-refractivity contribution in [2.45, 2.75) is 37.8 Å². The highest BCUT2D eigenvalue weighted by Gasteiger charge is 2.28. The van der Waals surface area contributed by atoms with Crippen LogP contribution in [0.25, 0.3) is 0 Å². The van der Waals surface area contributed by atoms with Crippen molar-refractivity contribution in [2.75, 3.05) is 0 Å². The molecule has 0 saturated heterocycles. The molecule has 2 rings (SSSR count). The Kier molecular flexibility index (Phi) is 4.74. The fourth-order valence-corrected chi connectivity index (χ4v) is 2.57. The standard InChI is InChI=1S/C15H20N2O3/c16-12-8-6-11(7-9-12)14(18)17-13(15(19)20)10-4-2-1-3-5-10/h1-5,11-13H,6-9,16H2,(H,17,18)(H,19,20)/t11?,12?,13-/m1/s1. The summed E-state index contributed by atoms with van der Waals surface area (Å²) in [5, 5.41) is 11.9. The number of carbonyl (C=O) groups is 2. The Morgan fingerprint density at radius 1 is 1.15 bits per heavy atom. The molecule has 0 spiro atoms. The highest BCUT2D eigenvalue weighted by Crippen LogP contribution is 2.24. The average molecular weight is 276 g/mol. The molecule has 0 heterocycles. The van der Waals surface area contributed by atoms with Gasteiger partial charge in [0.2, 0.25) is 5.91 Å². The van der Waals surface area contributed by atoms with E-state index in [0.29, 0.717) is 5.56 Å². The number of carboxylic acid groups (broad SMARTS) is 1. The van der Waals surface area contributed by atoms with Crippen molar-refractivity contribution in [1.29, 1.82) is 0 Å². The Hall–Kier alpha value is -1.88. The van der Waals surface area contributed by atoms with Crippen LogP contribution in [0.4, 0.5) is 0 Å². The lowest BCUT2D eigenvalue weighted by atomic mass is 9.85. The Morgan fingerprint density at radius 2 is 1.75 bits per heavy atom. The average Bonchev–Trinajstić information content (AvgIpc) is 2.46. The minimum atomic E-state index is -1.04. The third-order valence-electron chi connectivity index (χ3n) is 3.81. The first-order chi connectivity index (χ1) is 9.58. The second-order valence-corrected chi connectivity index (χ2v) is 5.30. The molecule has 0 aliphatic heterocycles. The highest BCUT2D eigenvalue weighted by molar-refractivity contribution is 5.85.